The highest BCUT2D eigenvalue weighted by Gasteiger charge is 2.66. The zero-order chi connectivity index (χ0) is 26.9. The number of benzene rings is 2. The van der Waals surface area contributed by atoms with E-state index in [4.69, 9.17) is 23.2 Å². The Hall–Kier alpha value is -2.26. The lowest BCUT2D eigenvalue weighted by Gasteiger charge is -2.38. The molecule has 1 saturated heterocycles. The van der Waals surface area contributed by atoms with Crippen LogP contribution in [0.5, 0.6) is 0 Å². The van der Waals surface area contributed by atoms with Gasteiger partial charge in [0.1, 0.15) is 17.0 Å². The second kappa shape index (κ2) is 9.19. The molecular formula is C27H29Cl2F2N3O3. The SMILES string of the molecule is CC(C)(C)C[C@H]1N[C@@H](C(=O)NC2CC(O)C2)[C@H](c2cccc(Cl)c2F)[C@@]12C(=O)Nc1cc(Cl)c(F)cc12. The maximum absolute atomic E-state index is 15.7. The number of anilines is 1. The van der Waals surface area contributed by atoms with Crippen molar-refractivity contribution in [3.05, 3.63) is 63.1 Å². The van der Waals surface area contributed by atoms with E-state index in [0.29, 0.717) is 30.5 Å². The first kappa shape index (κ1) is 26.4. The van der Waals surface area contributed by atoms with Gasteiger partial charge in [0.15, 0.2) is 0 Å². The molecule has 4 N–H and O–H groups in total. The molecule has 2 aliphatic heterocycles. The third kappa shape index (κ3) is 4.32. The standard InChI is InChI=1S/C27H29Cl2F2N3O3/c1-26(2,3)11-20-27(15-9-18(30)17(29)10-19(15)33-25(27)37)21(14-5-4-6-16(28)22(14)31)23(34-20)24(36)32-12-7-13(35)8-12/h4-6,9-10,12-13,20-21,23,34-35H,7-8,11H2,1-3H3,(H,32,36)(H,33,37)/t12?,13?,20-,21+,23-,27+/m1/s1. The predicted octanol–water partition coefficient (Wildman–Crippen LogP) is 4.66. The number of rotatable bonds is 4. The Kier molecular flexibility index (Phi) is 6.54. The van der Waals surface area contributed by atoms with E-state index in [1.54, 1.807) is 6.07 Å². The molecule has 0 aromatic heterocycles. The molecule has 1 spiro atoms. The number of aliphatic hydroxyl groups excluding tert-OH is 1. The average Bonchev–Trinajstić information content (AvgIpc) is 3.24. The van der Waals surface area contributed by atoms with Gasteiger partial charge in [-0.2, -0.15) is 0 Å². The van der Waals surface area contributed by atoms with Crippen LogP contribution in [0.2, 0.25) is 10.0 Å². The normalized spacial score (nSPS) is 30.7. The van der Waals surface area contributed by atoms with E-state index in [-0.39, 0.29) is 27.1 Å². The maximum atomic E-state index is 15.7. The van der Waals surface area contributed by atoms with Crippen molar-refractivity contribution in [1.29, 1.82) is 0 Å². The number of hydrogen-bond donors (Lipinski definition) is 4. The van der Waals surface area contributed by atoms with E-state index >= 15 is 4.39 Å². The number of fused-ring (bicyclic) bond motifs is 2. The molecular weight excluding hydrogens is 523 g/mol. The van der Waals surface area contributed by atoms with E-state index in [9.17, 15) is 19.1 Å². The summed E-state index contributed by atoms with van der Waals surface area (Å²) in [7, 11) is 0. The van der Waals surface area contributed by atoms with Crippen molar-refractivity contribution < 1.29 is 23.5 Å². The highest BCUT2D eigenvalue weighted by Crippen LogP contribution is 2.57. The van der Waals surface area contributed by atoms with Gasteiger partial charge in [0.2, 0.25) is 11.8 Å². The van der Waals surface area contributed by atoms with Crippen molar-refractivity contribution in [3.8, 4) is 0 Å². The van der Waals surface area contributed by atoms with Crippen molar-refractivity contribution in [2.24, 2.45) is 5.41 Å². The smallest absolute Gasteiger partial charge is 0.238 e. The summed E-state index contributed by atoms with van der Waals surface area (Å²) in [6, 6.07) is 5.13. The third-order valence-corrected chi connectivity index (χ3v) is 8.34. The summed E-state index contributed by atoms with van der Waals surface area (Å²) in [4.78, 5) is 27.7. The summed E-state index contributed by atoms with van der Waals surface area (Å²) in [6.45, 7) is 5.99. The molecule has 6 nitrogen and oxygen atoms in total. The van der Waals surface area contributed by atoms with E-state index in [1.165, 1.54) is 24.3 Å². The Morgan fingerprint density at radius 1 is 1.19 bits per heavy atom. The van der Waals surface area contributed by atoms with Crippen LogP contribution >= 0.6 is 23.2 Å². The van der Waals surface area contributed by atoms with Gasteiger partial charge in [-0.05, 0) is 54.0 Å². The molecule has 0 bridgehead atoms. The lowest BCUT2D eigenvalue weighted by atomic mass is 9.62. The number of hydrogen-bond acceptors (Lipinski definition) is 4. The second-order valence-electron chi connectivity index (χ2n) is 11.5. The third-order valence-electron chi connectivity index (χ3n) is 7.76. The second-order valence-corrected chi connectivity index (χ2v) is 12.4. The van der Waals surface area contributed by atoms with Crippen molar-refractivity contribution in [2.75, 3.05) is 5.32 Å². The Balaban J connectivity index is 1.73. The van der Waals surface area contributed by atoms with Gasteiger partial charge in [-0.3, -0.25) is 9.59 Å². The van der Waals surface area contributed by atoms with Crippen molar-refractivity contribution in [1.82, 2.24) is 10.6 Å². The number of carbonyl (C=O) groups excluding carboxylic acids is 2. The van der Waals surface area contributed by atoms with E-state index in [0.717, 1.165) is 0 Å². The summed E-state index contributed by atoms with van der Waals surface area (Å²) in [5, 5.41) is 18.5. The van der Waals surface area contributed by atoms with Crippen LogP contribution in [0.25, 0.3) is 0 Å². The van der Waals surface area contributed by atoms with Crippen LogP contribution in [0.1, 0.15) is 57.1 Å². The van der Waals surface area contributed by atoms with Crippen LogP contribution in [-0.4, -0.2) is 41.2 Å². The van der Waals surface area contributed by atoms with Crippen molar-refractivity contribution in [2.45, 2.75) is 75.6 Å². The molecule has 2 aromatic rings. The Labute approximate surface area is 224 Å². The summed E-state index contributed by atoms with van der Waals surface area (Å²) in [6.07, 6.45) is 0.772. The minimum absolute atomic E-state index is 0.0866. The molecule has 2 amide bonds. The molecule has 2 aromatic carbocycles. The average molecular weight is 552 g/mol. The van der Waals surface area contributed by atoms with E-state index in [2.05, 4.69) is 16.0 Å². The molecule has 2 heterocycles. The van der Waals surface area contributed by atoms with Crippen molar-refractivity contribution in [3.63, 3.8) is 0 Å². The van der Waals surface area contributed by atoms with E-state index in [1.807, 2.05) is 20.8 Å². The maximum Gasteiger partial charge on any atom is 0.238 e. The lowest BCUT2D eigenvalue weighted by molar-refractivity contribution is -0.125. The molecule has 0 radical (unpaired) electrons. The molecule has 10 heteroatoms. The summed E-state index contributed by atoms with van der Waals surface area (Å²) in [5.41, 5.74) is -1.10. The number of amides is 2. The van der Waals surface area contributed by atoms with Gasteiger partial charge < -0.3 is 21.1 Å². The monoisotopic (exact) mass is 551 g/mol. The highest BCUT2D eigenvalue weighted by molar-refractivity contribution is 6.31. The van der Waals surface area contributed by atoms with Gasteiger partial charge in [-0.15, -0.1) is 0 Å². The Bertz CT molecular complexity index is 1280. The van der Waals surface area contributed by atoms with Crippen LogP contribution in [0.3, 0.4) is 0 Å². The zero-order valence-electron chi connectivity index (χ0n) is 20.7. The zero-order valence-corrected chi connectivity index (χ0v) is 22.2. The summed E-state index contributed by atoms with van der Waals surface area (Å²) < 4.78 is 30.6. The first-order valence-electron chi connectivity index (χ1n) is 12.3. The Morgan fingerprint density at radius 2 is 1.89 bits per heavy atom. The van der Waals surface area contributed by atoms with Gasteiger partial charge >= 0.3 is 0 Å². The van der Waals surface area contributed by atoms with Crippen LogP contribution in [-0.2, 0) is 15.0 Å². The highest BCUT2D eigenvalue weighted by atomic mass is 35.5. The topological polar surface area (TPSA) is 90.5 Å². The number of halogens is 4. The van der Waals surface area contributed by atoms with Crippen LogP contribution in [0.4, 0.5) is 14.5 Å². The van der Waals surface area contributed by atoms with Crippen LogP contribution < -0.4 is 16.0 Å². The molecule has 198 valence electrons. The minimum Gasteiger partial charge on any atom is -0.393 e. The quantitative estimate of drug-likeness (QED) is 0.444. The molecule has 1 saturated carbocycles. The molecule has 5 rings (SSSR count). The molecule has 0 unspecified atom stereocenters. The minimum atomic E-state index is -1.53. The van der Waals surface area contributed by atoms with E-state index < -0.39 is 53.0 Å². The van der Waals surface area contributed by atoms with Crippen LogP contribution in [0, 0.1) is 17.0 Å². The van der Waals surface area contributed by atoms with Gasteiger partial charge in [-0.25, -0.2) is 8.78 Å². The summed E-state index contributed by atoms with van der Waals surface area (Å²) in [5.74, 6) is -3.39. The fraction of sp³-hybridized carbons (Fsp3) is 0.481. The van der Waals surface area contributed by atoms with Gasteiger partial charge in [0.25, 0.3) is 0 Å². The fourth-order valence-corrected chi connectivity index (χ4v) is 6.51. The molecule has 2 fully saturated rings. The molecule has 3 aliphatic rings. The van der Waals surface area contributed by atoms with Gasteiger partial charge in [0, 0.05) is 23.7 Å². The summed E-state index contributed by atoms with van der Waals surface area (Å²) >= 11 is 12.2. The Morgan fingerprint density at radius 3 is 2.54 bits per heavy atom. The predicted molar refractivity (Wildman–Crippen MR) is 138 cm³/mol. The fourth-order valence-electron chi connectivity index (χ4n) is 6.16. The first-order valence-corrected chi connectivity index (χ1v) is 13.1. The van der Waals surface area contributed by atoms with Crippen LogP contribution in [0.15, 0.2) is 30.3 Å². The number of nitrogens with one attached hydrogen (secondary N) is 3. The van der Waals surface area contributed by atoms with Crippen molar-refractivity contribution >= 4 is 40.7 Å². The first-order chi connectivity index (χ1) is 17.3. The molecule has 4 atom stereocenters. The molecule has 37 heavy (non-hydrogen) atoms. The van der Waals surface area contributed by atoms with Gasteiger partial charge in [-0.1, -0.05) is 56.1 Å². The lowest BCUT2D eigenvalue weighted by Crippen LogP contribution is -2.53. The number of aliphatic hydroxyl groups is 1. The largest absolute Gasteiger partial charge is 0.393 e. The molecule has 1 aliphatic carbocycles. The van der Waals surface area contributed by atoms with Gasteiger partial charge in [0.05, 0.1) is 22.2 Å². The number of carbonyl (C=O) groups is 2.